The Morgan fingerprint density at radius 3 is 2.19 bits per heavy atom. The predicted octanol–water partition coefficient (Wildman–Crippen LogP) is 7.56. The number of aromatic nitrogens is 1. The molecule has 4 aliphatic rings. The van der Waals surface area contributed by atoms with Crippen molar-refractivity contribution >= 4 is 40.7 Å². The molecule has 4 bridgehead atoms. The summed E-state index contributed by atoms with van der Waals surface area (Å²) in [5.74, 6) is 3.51. The summed E-state index contributed by atoms with van der Waals surface area (Å²) >= 11 is 18.9. The fourth-order valence-corrected chi connectivity index (χ4v) is 8.05. The summed E-state index contributed by atoms with van der Waals surface area (Å²) in [6, 6.07) is 13.6. The largest absolute Gasteiger partial charge is 0.351 e. The van der Waals surface area contributed by atoms with Gasteiger partial charge in [0.1, 0.15) is 0 Å². The fraction of sp³-hybridized carbons (Fsp3) is 0.433. The van der Waals surface area contributed by atoms with E-state index in [2.05, 4.69) is 10.6 Å². The molecule has 7 rings (SSSR count). The number of benzene rings is 2. The minimum absolute atomic E-state index is 0.0802. The zero-order valence-corrected chi connectivity index (χ0v) is 23.2. The summed E-state index contributed by atoms with van der Waals surface area (Å²) in [4.78, 5) is 13.4. The van der Waals surface area contributed by atoms with Crippen LogP contribution >= 0.6 is 34.8 Å². The van der Waals surface area contributed by atoms with E-state index in [1.165, 1.54) is 32.1 Å². The number of halogens is 3. The summed E-state index contributed by atoms with van der Waals surface area (Å²) < 4.78 is 1.97. The number of hydrogen-bond acceptors (Lipinski definition) is 2. The second-order valence-corrected chi connectivity index (χ2v) is 12.4. The van der Waals surface area contributed by atoms with Crippen LogP contribution in [0, 0.1) is 30.6 Å². The van der Waals surface area contributed by atoms with Crippen molar-refractivity contribution in [2.45, 2.75) is 45.1 Å². The molecule has 2 aromatic carbocycles. The molecule has 37 heavy (non-hydrogen) atoms. The lowest BCUT2D eigenvalue weighted by Gasteiger charge is -2.54. The van der Waals surface area contributed by atoms with E-state index in [0.717, 1.165) is 52.7 Å². The maximum absolute atomic E-state index is 13.4. The molecule has 0 unspecified atom stereocenters. The van der Waals surface area contributed by atoms with Crippen molar-refractivity contribution in [2.75, 3.05) is 13.1 Å². The van der Waals surface area contributed by atoms with Crippen LogP contribution in [0.15, 0.2) is 48.7 Å². The molecule has 1 aromatic heterocycles. The second-order valence-electron chi connectivity index (χ2n) is 11.2. The first-order chi connectivity index (χ1) is 17.9. The molecule has 4 fully saturated rings. The minimum atomic E-state index is -0.0802. The smallest absolute Gasteiger partial charge is 0.253 e. The summed E-state index contributed by atoms with van der Waals surface area (Å²) in [7, 11) is 0. The van der Waals surface area contributed by atoms with Gasteiger partial charge in [0.15, 0.2) is 0 Å². The highest BCUT2D eigenvalue weighted by Crippen LogP contribution is 2.53. The maximum atomic E-state index is 13.4. The summed E-state index contributed by atoms with van der Waals surface area (Å²) in [5, 5.41) is 8.70. The quantitative estimate of drug-likeness (QED) is 0.295. The highest BCUT2D eigenvalue weighted by molar-refractivity contribution is 6.35. The molecule has 1 amide bonds. The Hall–Kier alpha value is -1.98. The maximum Gasteiger partial charge on any atom is 0.253 e. The van der Waals surface area contributed by atoms with E-state index in [0.29, 0.717) is 33.2 Å². The van der Waals surface area contributed by atoms with Crippen LogP contribution < -0.4 is 10.6 Å². The number of nitrogens with zero attached hydrogens (tertiary/aromatic N) is 1. The molecule has 3 aromatic rings. The van der Waals surface area contributed by atoms with Gasteiger partial charge in [-0.05, 0) is 104 Å². The molecule has 4 saturated carbocycles. The molecule has 1 heterocycles. The molecule has 4 nitrogen and oxygen atoms in total. The van der Waals surface area contributed by atoms with E-state index in [1.807, 2.05) is 48.0 Å². The molecule has 194 valence electrons. The van der Waals surface area contributed by atoms with Crippen LogP contribution in [0.2, 0.25) is 15.1 Å². The summed E-state index contributed by atoms with van der Waals surface area (Å²) in [6.07, 6.45) is 8.91. The van der Waals surface area contributed by atoms with Crippen molar-refractivity contribution in [1.82, 2.24) is 15.2 Å². The fourth-order valence-electron chi connectivity index (χ4n) is 7.43. The number of carbonyl (C=O) groups excluding carboxylic acids is 1. The molecular formula is C30H32Cl3N3O. The lowest BCUT2D eigenvalue weighted by molar-refractivity contribution is -0.0133. The SMILES string of the molecule is Cc1c(C(=O)NCCNC2C3CC4CC(C3)CC2C4)cn(-c2ccc(Cl)cc2Cl)c1-c1ccc(Cl)cc1. The van der Waals surface area contributed by atoms with Crippen molar-refractivity contribution in [2.24, 2.45) is 23.7 Å². The second kappa shape index (κ2) is 10.3. The van der Waals surface area contributed by atoms with Gasteiger partial charge in [0.05, 0.1) is 22.0 Å². The topological polar surface area (TPSA) is 46.1 Å². The third kappa shape index (κ3) is 4.94. The standard InChI is InChI=1S/C30H32Cl3N3O/c1-17-25(30(37)35-9-8-34-28-21-11-18-10-19(13-21)14-22(28)12-18)16-36(27-7-6-24(32)15-26(27)33)29(17)20-2-4-23(31)5-3-20/h2-7,15-16,18-19,21-22,28,34H,8-14H2,1H3,(H,35,37). The van der Waals surface area contributed by atoms with Crippen molar-refractivity contribution in [3.63, 3.8) is 0 Å². The normalized spacial score (nSPS) is 26.0. The number of amides is 1. The third-order valence-electron chi connectivity index (χ3n) is 8.81. The van der Waals surface area contributed by atoms with Crippen LogP contribution in [-0.2, 0) is 0 Å². The Morgan fingerprint density at radius 2 is 1.54 bits per heavy atom. The van der Waals surface area contributed by atoms with Gasteiger partial charge in [-0.3, -0.25) is 4.79 Å². The zero-order valence-electron chi connectivity index (χ0n) is 20.9. The van der Waals surface area contributed by atoms with Crippen LogP contribution in [0.1, 0.15) is 48.0 Å². The van der Waals surface area contributed by atoms with Gasteiger partial charge in [0.2, 0.25) is 0 Å². The van der Waals surface area contributed by atoms with Gasteiger partial charge >= 0.3 is 0 Å². The first-order valence-corrected chi connectivity index (χ1v) is 14.5. The third-order valence-corrected chi connectivity index (χ3v) is 9.60. The van der Waals surface area contributed by atoms with E-state index < -0.39 is 0 Å². The van der Waals surface area contributed by atoms with Gasteiger partial charge in [-0.15, -0.1) is 0 Å². The summed E-state index contributed by atoms with van der Waals surface area (Å²) in [5.41, 5.74) is 4.14. The molecule has 0 atom stereocenters. The van der Waals surface area contributed by atoms with Crippen LogP contribution in [-0.4, -0.2) is 29.6 Å². The Balaban J connectivity index is 1.19. The van der Waals surface area contributed by atoms with E-state index in [9.17, 15) is 4.79 Å². The van der Waals surface area contributed by atoms with Gasteiger partial charge in [-0.25, -0.2) is 0 Å². The van der Waals surface area contributed by atoms with Gasteiger partial charge in [0, 0.05) is 35.4 Å². The average Bonchev–Trinajstić information content (AvgIpc) is 3.20. The van der Waals surface area contributed by atoms with Crippen LogP contribution in [0.3, 0.4) is 0 Å². The van der Waals surface area contributed by atoms with Gasteiger partial charge in [-0.1, -0.05) is 46.9 Å². The molecule has 7 heteroatoms. The van der Waals surface area contributed by atoms with Gasteiger partial charge in [0.25, 0.3) is 5.91 Å². The number of nitrogens with one attached hydrogen (secondary N) is 2. The van der Waals surface area contributed by atoms with Crippen LogP contribution in [0.4, 0.5) is 0 Å². The van der Waals surface area contributed by atoms with Crippen molar-refractivity contribution in [1.29, 1.82) is 0 Å². The van der Waals surface area contributed by atoms with E-state index in [1.54, 1.807) is 12.1 Å². The Morgan fingerprint density at radius 1 is 0.892 bits per heavy atom. The van der Waals surface area contributed by atoms with E-state index in [-0.39, 0.29) is 5.91 Å². The van der Waals surface area contributed by atoms with E-state index >= 15 is 0 Å². The van der Waals surface area contributed by atoms with Crippen LogP contribution in [0.5, 0.6) is 0 Å². The van der Waals surface area contributed by atoms with Crippen molar-refractivity contribution in [3.05, 3.63) is 74.9 Å². The van der Waals surface area contributed by atoms with E-state index in [4.69, 9.17) is 34.8 Å². The molecule has 0 radical (unpaired) electrons. The number of hydrogen-bond donors (Lipinski definition) is 2. The summed E-state index contributed by atoms with van der Waals surface area (Å²) in [6.45, 7) is 3.38. The molecular weight excluding hydrogens is 525 g/mol. The van der Waals surface area contributed by atoms with Crippen LogP contribution in [0.25, 0.3) is 16.9 Å². The Labute approximate surface area is 233 Å². The highest BCUT2D eigenvalue weighted by atomic mass is 35.5. The lowest BCUT2D eigenvalue weighted by atomic mass is 9.54. The highest BCUT2D eigenvalue weighted by Gasteiger charge is 2.47. The van der Waals surface area contributed by atoms with Crippen molar-refractivity contribution < 1.29 is 4.79 Å². The molecule has 0 aliphatic heterocycles. The Bertz CT molecular complexity index is 1290. The number of rotatable bonds is 7. The molecule has 4 aliphatic carbocycles. The monoisotopic (exact) mass is 555 g/mol. The van der Waals surface area contributed by atoms with Gasteiger partial charge < -0.3 is 15.2 Å². The molecule has 0 saturated heterocycles. The first-order valence-electron chi connectivity index (χ1n) is 13.3. The lowest BCUT2D eigenvalue weighted by Crippen LogP contribution is -2.55. The minimum Gasteiger partial charge on any atom is -0.351 e. The van der Waals surface area contributed by atoms with Crippen molar-refractivity contribution in [3.8, 4) is 16.9 Å². The number of carbonyl (C=O) groups is 1. The molecule has 0 spiro atoms. The average molecular weight is 557 g/mol. The predicted molar refractivity (Wildman–Crippen MR) is 152 cm³/mol. The van der Waals surface area contributed by atoms with Gasteiger partial charge in [-0.2, -0.15) is 0 Å². The molecule has 2 N–H and O–H groups in total. The Kier molecular flexibility index (Phi) is 7.04. The first kappa shape index (κ1) is 25.3. The zero-order chi connectivity index (χ0) is 25.7.